The fourth-order valence-corrected chi connectivity index (χ4v) is 3.58. The van der Waals surface area contributed by atoms with Gasteiger partial charge in [0.15, 0.2) is 17.2 Å². The Balaban J connectivity index is 1.27. The topological polar surface area (TPSA) is 62.7 Å². The second-order valence-corrected chi connectivity index (χ2v) is 7.36. The van der Waals surface area contributed by atoms with Gasteiger partial charge in [0.2, 0.25) is 0 Å². The fourth-order valence-electron chi connectivity index (χ4n) is 3.58. The molecule has 4 heterocycles. The lowest BCUT2D eigenvalue weighted by Crippen LogP contribution is -2.46. The van der Waals surface area contributed by atoms with Gasteiger partial charge in [-0.1, -0.05) is 5.16 Å². The van der Waals surface area contributed by atoms with E-state index in [4.69, 9.17) is 4.52 Å². The summed E-state index contributed by atoms with van der Waals surface area (Å²) in [7, 11) is 0. The number of hydrogen-bond acceptors (Lipinski definition) is 6. The van der Waals surface area contributed by atoms with Crippen molar-refractivity contribution in [3.05, 3.63) is 41.8 Å². The lowest BCUT2D eigenvalue weighted by Gasteiger charge is -2.34. The standard InChI is InChI=1S/C18H19F3N6O/c19-18(20,21)15-11-27-4-3-22-16(17(27)23-15)26-7-5-25(6-8-26)10-13-9-14(28-24-13)12-1-2-12/h3-4,9,11-12H,1-2,5-8,10H2. The lowest BCUT2D eigenvalue weighted by molar-refractivity contribution is -0.140. The van der Waals surface area contributed by atoms with Crippen molar-refractivity contribution in [1.29, 1.82) is 0 Å². The van der Waals surface area contributed by atoms with Gasteiger partial charge in [-0.2, -0.15) is 13.2 Å². The van der Waals surface area contributed by atoms with Gasteiger partial charge in [0.05, 0.1) is 5.69 Å². The van der Waals surface area contributed by atoms with E-state index in [0.29, 0.717) is 31.4 Å². The van der Waals surface area contributed by atoms with E-state index in [1.54, 1.807) is 0 Å². The van der Waals surface area contributed by atoms with Gasteiger partial charge in [0, 0.05) is 63.3 Å². The Hall–Kier alpha value is -2.62. The molecule has 1 aliphatic carbocycles. The summed E-state index contributed by atoms with van der Waals surface area (Å²) in [5.41, 5.74) is 0.255. The molecule has 2 fully saturated rings. The minimum Gasteiger partial charge on any atom is -0.361 e. The Kier molecular flexibility index (Phi) is 4.04. The maximum Gasteiger partial charge on any atom is 0.434 e. The summed E-state index contributed by atoms with van der Waals surface area (Å²) in [6.45, 7) is 3.56. The van der Waals surface area contributed by atoms with E-state index < -0.39 is 11.9 Å². The number of aromatic nitrogens is 4. The molecule has 0 aromatic carbocycles. The van der Waals surface area contributed by atoms with Gasteiger partial charge in [-0.05, 0) is 12.8 Å². The molecule has 0 bridgehead atoms. The molecule has 0 unspecified atom stereocenters. The first-order valence-corrected chi connectivity index (χ1v) is 9.31. The molecule has 148 valence electrons. The van der Waals surface area contributed by atoms with Gasteiger partial charge in [0.1, 0.15) is 5.76 Å². The Morgan fingerprint density at radius 2 is 1.93 bits per heavy atom. The normalized spacial score (nSPS) is 18.9. The zero-order valence-electron chi connectivity index (χ0n) is 15.1. The van der Waals surface area contributed by atoms with Gasteiger partial charge in [-0.15, -0.1) is 0 Å². The zero-order valence-corrected chi connectivity index (χ0v) is 15.1. The number of rotatable bonds is 4. The molecule has 28 heavy (non-hydrogen) atoms. The maximum atomic E-state index is 13.0. The van der Waals surface area contributed by atoms with Crippen LogP contribution in [0.25, 0.3) is 5.65 Å². The number of nitrogens with zero attached hydrogens (tertiary/aromatic N) is 6. The van der Waals surface area contributed by atoms with E-state index in [1.807, 2.05) is 11.0 Å². The van der Waals surface area contributed by atoms with Crippen molar-refractivity contribution in [2.75, 3.05) is 31.1 Å². The van der Waals surface area contributed by atoms with Crippen LogP contribution in [0.1, 0.15) is 35.9 Å². The molecule has 10 heteroatoms. The van der Waals surface area contributed by atoms with Crippen molar-refractivity contribution in [2.24, 2.45) is 0 Å². The van der Waals surface area contributed by atoms with Crippen LogP contribution in [-0.2, 0) is 12.7 Å². The predicted molar refractivity (Wildman–Crippen MR) is 94.0 cm³/mol. The monoisotopic (exact) mass is 392 g/mol. The zero-order chi connectivity index (χ0) is 19.3. The molecule has 0 radical (unpaired) electrons. The first kappa shape index (κ1) is 17.5. The highest BCUT2D eigenvalue weighted by Crippen LogP contribution is 2.40. The second-order valence-electron chi connectivity index (χ2n) is 7.36. The number of alkyl halides is 3. The van der Waals surface area contributed by atoms with Crippen LogP contribution in [0.3, 0.4) is 0 Å². The van der Waals surface area contributed by atoms with E-state index in [9.17, 15) is 13.2 Å². The average Bonchev–Trinajstić information content (AvgIpc) is 3.24. The second kappa shape index (κ2) is 6.47. The largest absolute Gasteiger partial charge is 0.434 e. The first-order valence-electron chi connectivity index (χ1n) is 9.31. The number of imidazole rings is 1. The van der Waals surface area contributed by atoms with Gasteiger partial charge < -0.3 is 13.8 Å². The van der Waals surface area contributed by atoms with Gasteiger partial charge in [0.25, 0.3) is 0 Å². The number of piperazine rings is 1. The highest BCUT2D eigenvalue weighted by Gasteiger charge is 2.35. The van der Waals surface area contributed by atoms with E-state index in [2.05, 4.69) is 20.0 Å². The molecule has 2 aliphatic rings. The molecule has 1 aliphatic heterocycles. The smallest absolute Gasteiger partial charge is 0.361 e. The summed E-state index contributed by atoms with van der Waals surface area (Å²) < 4.78 is 45.7. The summed E-state index contributed by atoms with van der Waals surface area (Å²) >= 11 is 0. The minimum absolute atomic E-state index is 0.230. The van der Waals surface area contributed by atoms with E-state index >= 15 is 0 Å². The van der Waals surface area contributed by atoms with Crippen LogP contribution in [0.2, 0.25) is 0 Å². The molecule has 0 N–H and O–H groups in total. The minimum atomic E-state index is -4.47. The molecular weight excluding hydrogens is 373 g/mol. The van der Waals surface area contributed by atoms with E-state index in [-0.39, 0.29) is 5.65 Å². The molecule has 3 aromatic heterocycles. The molecule has 0 spiro atoms. The summed E-state index contributed by atoms with van der Waals surface area (Å²) in [6.07, 6.45) is 1.87. The van der Waals surface area contributed by atoms with Gasteiger partial charge in [-0.3, -0.25) is 4.90 Å². The Labute approximate surface area is 158 Å². The number of halogens is 3. The molecule has 1 saturated carbocycles. The van der Waals surface area contributed by atoms with Gasteiger partial charge in [-0.25, -0.2) is 9.97 Å². The van der Waals surface area contributed by atoms with Crippen molar-refractivity contribution < 1.29 is 17.7 Å². The number of hydrogen-bond donors (Lipinski definition) is 0. The molecule has 3 aromatic rings. The molecular formula is C18H19F3N6O. The van der Waals surface area contributed by atoms with Crippen molar-refractivity contribution in [2.45, 2.75) is 31.5 Å². The van der Waals surface area contributed by atoms with Crippen LogP contribution < -0.4 is 4.90 Å². The van der Waals surface area contributed by atoms with Crippen LogP contribution in [0.4, 0.5) is 19.0 Å². The van der Waals surface area contributed by atoms with Crippen LogP contribution in [0, 0.1) is 0 Å². The highest BCUT2D eigenvalue weighted by molar-refractivity contribution is 5.64. The third-order valence-electron chi connectivity index (χ3n) is 5.26. The van der Waals surface area contributed by atoms with E-state index in [1.165, 1.54) is 29.6 Å². The number of anilines is 1. The van der Waals surface area contributed by atoms with Crippen molar-refractivity contribution in [3.63, 3.8) is 0 Å². The summed E-state index contributed by atoms with van der Waals surface area (Å²) in [6, 6.07) is 2.04. The van der Waals surface area contributed by atoms with Crippen LogP contribution >= 0.6 is 0 Å². The Morgan fingerprint density at radius 3 is 2.64 bits per heavy atom. The van der Waals surface area contributed by atoms with Gasteiger partial charge >= 0.3 is 6.18 Å². The Bertz CT molecular complexity index is 985. The van der Waals surface area contributed by atoms with Crippen molar-refractivity contribution in [1.82, 2.24) is 24.4 Å². The third-order valence-corrected chi connectivity index (χ3v) is 5.26. The Morgan fingerprint density at radius 1 is 1.14 bits per heavy atom. The summed E-state index contributed by atoms with van der Waals surface area (Å²) in [4.78, 5) is 12.3. The van der Waals surface area contributed by atoms with E-state index in [0.717, 1.165) is 30.7 Å². The predicted octanol–water partition coefficient (Wildman–Crippen LogP) is 2.94. The highest BCUT2D eigenvalue weighted by atomic mass is 19.4. The third kappa shape index (κ3) is 3.32. The first-order chi connectivity index (χ1) is 13.5. The molecule has 5 rings (SSSR count). The molecule has 0 atom stereocenters. The van der Waals surface area contributed by atoms with Crippen LogP contribution in [0.15, 0.2) is 29.2 Å². The van der Waals surface area contributed by atoms with Crippen LogP contribution in [-0.4, -0.2) is 50.6 Å². The quantitative estimate of drug-likeness (QED) is 0.680. The lowest BCUT2D eigenvalue weighted by atomic mass is 10.2. The molecule has 1 saturated heterocycles. The van der Waals surface area contributed by atoms with Crippen LogP contribution in [0.5, 0.6) is 0 Å². The summed E-state index contributed by atoms with van der Waals surface area (Å²) in [5, 5.41) is 4.15. The molecule has 7 nitrogen and oxygen atoms in total. The SMILES string of the molecule is FC(F)(F)c1cn2ccnc(N3CCN(Cc4cc(C5CC5)on4)CC3)c2n1. The average molecular weight is 392 g/mol. The summed E-state index contributed by atoms with van der Waals surface area (Å²) in [5.74, 6) is 2.00. The van der Waals surface area contributed by atoms with Crippen molar-refractivity contribution >= 4 is 11.5 Å². The van der Waals surface area contributed by atoms with Crippen molar-refractivity contribution in [3.8, 4) is 0 Å². The molecule has 0 amide bonds. The maximum absolute atomic E-state index is 13.0. The fraction of sp³-hybridized carbons (Fsp3) is 0.500. The number of fused-ring (bicyclic) bond motifs is 1.